The van der Waals surface area contributed by atoms with Crippen LogP contribution in [0.3, 0.4) is 0 Å². The summed E-state index contributed by atoms with van der Waals surface area (Å²) in [6.07, 6.45) is 94.5. The Bertz CT molecular complexity index is 1970. The molecule has 10 heteroatoms. The minimum absolute atomic E-state index is 0.0457. The summed E-state index contributed by atoms with van der Waals surface area (Å²) in [6, 6.07) is 0. The monoisotopic (exact) mass is 1180 g/mol. The number of ether oxygens (including phenoxy) is 2. The van der Waals surface area contributed by atoms with Crippen LogP contribution in [0.25, 0.3) is 0 Å². The number of phosphoric ester groups is 1. The first-order valence-corrected chi connectivity index (χ1v) is 34.7. The predicted octanol–water partition coefficient (Wildman–Crippen LogP) is 21.0. The number of allylic oxidation sites excluding steroid dienone is 26. The van der Waals surface area contributed by atoms with Crippen molar-refractivity contribution in [3.05, 3.63) is 158 Å². The highest BCUT2D eigenvalue weighted by molar-refractivity contribution is 7.45. The summed E-state index contributed by atoms with van der Waals surface area (Å²) in [5.41, 5.74) is 0. The number of carbonyl (C=O) groups is 2. The molecule has 0 amide bonds. The van der Waals surface area contributed by atoms with Crippen LogP contribution in [0.1, 0.15) is 245 Å². The van der Waals surface area contributed by atoms with Gasteiger partial charge in [-0.1, -0.05) is 268 Å². The van der Waals surface area contributed by atoms with Gasteiger partial charge in [0.05, 0.1) is 27.7 Å². The lowest BCUT2D eigenvalue weighted by atomic mass is 10.0. The molecule has 0 aliphatic heterocycles. The maximum atomic E-state index is 12.8. The van der Waals surface area contributed by atoms with E-state index in [1.807, 2.05) is 21.1 Å². The molecule has 0 aromatic carbocycles. The van der Waals surface area contributed by atoms with Crippen molar-refractivity contribution in [2.75, 3.05) is 47.5 Å². The van der Waals surface area contributed by atoms with Gasteiger partial charge in [-0.3, -0.25) is 14.2 Å². The number of esters is 2. The molecule has 0 aliphatic carbocycles. The van der Waals surface area contributed by atoms with E-state index in [-0.39, 0.29) is 26.1 Å². The molecule has 0 aromatic heterocycles. The lowest BCUT2D eigenvalue weighted by Crippen LogP contribution is -2.37. The van der Waals surface area contributed by atoms with E-state index in [0.29, 0.717) is 17.4 Å². The average Bonchev–Trinajstić information content (AvgIpc) is 3.61. The molecule has 0 fully saturated rings. The largest absolute Gasteiger partial charge is 0.756 e. The molecule has 2 atom stereocenters. The molecule has 2 unspecified atom stereocenters. The molecule has 0 radical (unpaired) electrons. The van der Waals surface area contributed by atoms with Gasteiger partial charge in [0.25, 0.3) is 7.82 Å². The van der Waals surface area contributed by atoms with Gasteiger partial charge in [-0.15, -0.1) is 0 Å². The van der Waals surface area contributed by atoms with Crippen LogP contribution in [-0.2, 0) is 32.7 Å². The maximum absolute atomic E-state index is 12.8. The van der Waals surface area contributed by atoms with E-state index < -0.39 is 32.5 Å². The normalized spacial score (nSPS) is 14.2. The van der Waals surface area contributed by atoms with Crippen LogP contribution in [0.15, 0.2) is 158 Å². The lowest BCUT2D eigenvalue weighted by molar-refractivity contribution is -0.870. The summed E-state index contributed by atoms with van der Waals surface area (Å²) in [7, 11) is 1.12. The molecule has 0 N–H and O–H groups in total. The van der Waals surface area contributed by atoms with Crippen molar-refractivity contribution in [1.82, 2.24) is 0 Å². The molecular formula is C74H122NO8P. The minimum atomic E-state index is -4.66. The fourth-order valence-electron chi connectivity index (χ4n) is 8.52. The highest BCUT2D eigenvalue weighted by Gasteiger charge is 2.22. The number of carbonyl (C=O) groups excluding carboxylic acids is 2. The highest BCUT2D eigenvalue weighted by atomic mass is 31.2. The van der Waals surface area contributed by atoms with Crippen LogP contribution in [0.4, 0.5) is 0 Å². The van der Waals surface area contributed by atoms with Crippen LogP contribution >= 0.6 is 7.82 Å². The molecular weight excluding hydrogens is 1060 g/mol. The Morgan fingerprint density at radius 3 is 0.964 bits per heavy atom. The third-order valence-corrected chi connectivity index (χ3v) is 14.5. The van der Waals surface area contributed by atoms with E-state index >= 15 is 0 Å². The van der Waals surface area contributed by atoms with Crippen molar-refractivity contribution < 1.29 is 42.1 Å². The van der Waals surface area contributed by atoms with Crippen molar-refractivity contribution >= 4 is 19.8 Å². The third kappa shape index (κ3) is 66.8. The van der Waals surface area contributed by atoms with Gasteiger partial charge in [0, 0.05) is 12.8 Å². The van der Waals surface area contributed by atoms with Gasteiger partial charge >= 0.3 is 11.9 Å². The van der Waals surface area contributed by atoms with Crippen molar-refractivity contribution in [3.63, 3.8) is 0 Å². The van der Waals surface area contributed by atoms with Gasteiger partial charge in [-0.05, 0) is 122 Å². The van der Waals surface area contributed by atoms with E-state index in [2.05, 4.69) is 172 Å². The summed E-state index contributed by atoms with van der Waals surface area (Å²) in [4.78, 5) is 38.0. The molecule has 0 bridgehead atoms. The number of hydrogen-bond acceptors (Lipinski definition) is 8. The van der Waals surface area contributed by atoms with Crippen molar-refractivity contribution in [2.45, 2.75) is 251 Å². The number of rotatable bonds is 59. The zero-order valence-corrected chi connectivity index (χ0v) is 54.9. The van der Waals surface area contributed by atoms with Crippen molar-refractivity contribution in [2.24, 2.45) is 0 Å². The second-order valence-electron chi connectivity index (χ2n) is 22.7. The number of hydrogen-bond donors (Lipinski definition) is 0. The quantitative estimate of drug-likeness (QED) is 0.0195. The first kappa shape index (κ1) is 79.6. The fraction of sp³-hybridized carbons (Fsp3) is 0.622. The second kappa shape index (κ2) is 63.1. The topological polar surface area (TPSA) is 111 Å². The summed E-state index contributed by atoms with van der Waals surface area (Å²) < 4.78 is 34.2. The fourth-order valence-corrected chi connectivity index (χ4v) is 9.25. The van der Waals surface area contributed by atoms with Crippen LogP contribution in [0.2, 0.25) is 0 Å². The van der Waals surface area contributed by atoms with Gasteiger partial charge in [-0.2, -0.15) is 0 Å². The molecule has 0 aromatic rings. The Balaban J connectivity index is 4.20. The van der Waals surface area contributed by atoms with Gasteiger partial charge in [0.1, 0.15) is 19.8 Å². The molecule has 0 saturated heterocycles. The SMILES string of the molecule is CC/C=C\C/C=C\C/C=C\C/C=C\C/C=C\C/C=C\C/C=C\C/C=C\C/C=C\CCCCCC(=O)OC(COC(=O)CCCCCCCCCCCCCCCCCC/C=C\C/C=C\C/C=C\C/C=C\CC)COP(=O)([O-])OCC[N+](C)(C)C. The standard InChI is InChI=1S/C74H122NO8P/c1-6-8-10-12-14-16-18-20-22-24-26-28-30-32-34-36-37-39-41-43-45-47-49-51-53-55-57-59-61-63-65-67-74(77)83-72(71-82-84(78,79)81-69-68-75(3,4)5)70-80-73(76)66-64-62-60-58-56-54-52-50-48-46-44-42-40-38-35-33-31-29-27-25-23-21-19-17-15-13-11-9-7-2/h8-11,14-17,20-23,26-29,32,34,37,39,43,45,49,51,55,57,72H,6-7,12-13,18-19,24-25,30-31,33,35-36,38,40-42,44,46-48,50,52-54,56,58-71H2,1-5H3/b10-8-,11-9-,16-14-,17-15-,22-20-,23-21-,28-26-,29-27-,34-32-,39-37-,45-43-,51-49-,57-55-. The summed E-state index contributed by atoms with van der Waals surface area (Å²) in [5.74, 6) is -0.879. The molecule has 0 saturated carbocycles. The molecule has 0 heterocycles. The first-order valence-electron chi connectivity index (χ1n) is 33.2. The van der Waals surface area contributed by atoms with Crippen molar-refractivity contribution in [1.29, 1.82) is 0 Å². The van der Waals surface area contributed by atoms with E-state index in [4.69, 9.17) is 18.5 Å². The number of nitrogens with zero attached hydrogens (tertiary/aromatic N) is 1. The number of likely N-dealkylation sites (N-methyl/N-ethyl adjacent to an activating group) is 1. The van der Waals surface area contributed by atoms with E-state index in [1.54, 1.807) is 0 Å². The zero-order valence-electron chi connectivity index (χ0n) is 54.0. The molecule has 0 aliphatic rings. The summed E-state index contributed by atoms with van der Waals surface area (Å²) >= 11 is 0. The van der Waals surface area contributed by atoms with Gasteiger partial charge < -0.3 is 27.9 Å². The summed E-state index contributed by atoms with van der Waals surface area (Å²) in [5, 5.41) is 0. The number of unbranched alkanes of at least 4 members (excludes halogenated alkanes) is 19. The first-order chi connectivity index (χ1) is 41.0. The molecule has 9 nitrogen and oxygen atoms in total. The number of phosphoric acid groups is 1. The van der Waals surface area contributed by atoms with Crippen LogP contribution in [0.5, 0.6) is 0 Å². The van der Waals surface area contributed by atoms with Crippen LogP contribution in [0, 0.1) is 0 Å². The van der Waals surface area contributed by atoms with Gasteiger partial charge in [-0.25, -0.2) is 0 Å². The maximum Gasteiger partial charge on any atom is 0.306 e. The van der Waals surface area contributed by atoms with Crippen molar-refractivity contribution in [3.8, 4) is 0 Å². The molecule has 84 heavy (non-hydrogen) atoms. The zero-order chi connectivity index (χ0) is 61.2. The summed E-state index contributed by atoms with van der Waals surface area (Å²) in [6.45, 7) is 3.97. The molecule has 0 spiro atoms. The van der Waals surface area contributed by atoms with Gasteiger partial charge in [0.2, 0.25) is 0 Å². The molecule has 0 rings (SSSR count). The molecule has 476 valence electrons. The Labute approximate surface area is 516 Å². The minimum Gasteiger partial charge on any atom is -0.756 e. The van der Waals surface area contributed by atoms with E-state index in [9.17, 15) is 19.0 Å². The van der Waals surface area contributed by atoms with E-state index in [1.165, 1.54) is 89.9 Å². The average molecular weight is 1180 g/mol. The number of quaternary nitrogens is 1. The van der Waals surface area contributed by atoms with Crippen LogP contribution < -0.4 is 4.89 Å². The smallest absolute Gasteiger partial charge is 0.306 e. The highest BCUT2D eigenvalue weighted by Crippen LogP contribution is 2.38. The lowest BCUT2D eigenvalue weighted by Gasteiger charge is -2.28. The van der Waals surface area contributed by atoms with Gasteiger partial charge in [0.15, 0.2) is 6.10 Å². The second-order valence-corrected chi connectivity index (χ2v) is 24.1. The Kier molecular flexibility index (Phi) is 59.9. The predicted molar refractivity (Wildman–Crippen MR) is 360 cm³/mol. The third-order valence-electron chi connectivity index (χ3n) is 13.5. The Morgan fingerprint density at radius 1 is 0.369 bits per heavy atom. The van der Waals surface area contributed by atoms with Crippen LogP contribution in [-0.4, -0.2) is 70.0 Å². The Morgan fingerprint density at radius 2 is 0.643 bits per heavy atom. The van der Waals surface area contributed by atoms with E-state index in [0.717, 1.165) is 122 Å². The Hall–Kier alpha value is -4.37.